The molecule has 0 radical (unpaired) electrons. The van der Waals surface area contributed by atoms with Crippen molar-refractivity contribution in [2.45, 2.75) is 31.1 Å². The Morgan fingerprint density at radius 2 is 2.07 bits per heavy atom. The Hall–Kier alpha value is -1.34. The van der Waals surface area contributed by atoms with Crippen molar-refractivity contribution in [1.82, 2.24) is 10.2 Å². The van der Waals surface area contributed by atoms with Gasteiger partial charge in [-0.3, -0.25) is 9.59 Å². The lowest BCUT2D eigenvalue weighted by Gasteiger charge is -2.42. The maximum absolute atomic E-state index is 13.6. The van der Waals surface area contributed by atoms with E-state index in [0.717, 1.165) is 18.4 Å². The Bertz CT molecular complexity index is 680. The molecule has 1 atom stereocenters. The van der Waals surface area contributed by atoms with Crippen molar-refractivity contribution in [3.05, 3.63) is 34.9 Å². The zero-order chi connectivity index (χ0) is 19.3. The summed E-state index contributed by atoms with van der Waals surface area (Å²) in [5.74, 6) is -0.100. The van der Waals surface area contributed by atoms with Crippen LogP contribution in [0.25, 0.3) is 0 Å². The van der Waals surface area contributed by atoms with Gasteiger partial charge in [0.25, 0.3) is 0 Å². The van der Waals surface area contributed by atoms with Gasteiger partial charge in [-0.15, -0.1) is 12.4 Å². The van der Waals surface area contributed by atoms with Crippen LogP contribution in [0.1, 0.15) is 31.2 Å². The number of hydrogen-bond acceptors (Lipinski definition) is 4. The second kappa shape index (κ2) is 10.4. The number of benzene rings is 1. The second-order valence-corrected chi connectivity index (χ2v) is 7.81. The lowest BCUT2D eigenvalue weighted by molar-refractivity contribution is -0.144. The van der Waals surface area contributed by atoms with Gasteiger partial charge in [-0.2, -0.15) is 0 Å². The van der Waals surface area contributed by atoms with Crippen LogP contribution >= 0.6 is 24.0 Å². The smallest absolute Gasteiger partial charge is 0.233 e. The number of nitrogens with zero attached hydrogens (tertiary/aromatic N) is 1. The number of ether oxygens (including phenoxy) is 1. The molecule has 3 N–H and O–H groups in total. The van der Waals surface area contributed by atoms with E-state index in [1.807, 2.05) is 29.2 Å². The molecular formula is C20H29Cl2N3O3. The fraction of sp³-hybridized carbons (Fsp3) is 0.600. The highest BCUT2D eigenvalue weighted by molar-refractivity contribution is 6.30. The van der Waals surface area contributed by atoms with Crippen LogP contribution in [0.4, 0.5) is 0 Å². The molecule has 0 saturated carbocycles. The van der Waals surface area contributed by atoms with Crippen molar-refractivity contribution in [1.29, 1.82) is 0 Å². The van der Waals surface area contributed by atoms with E-state index in [4.69, 9.17) is 22.1 Å². The molecule has 2 heterocycles. The quantitative estimate of drug-likeness (QED) is 0.750. The lowest BCUT2D eigenvalue weighted by atomic mass is 9.72. The van der Waals surface area contributed by atoms with Gasteiger partial charge in [-0.1, -0.05) is 23.7 Å². The number of hydrogen-bond donors (Lipinski definition) is 2. The van der Waals surface area contributed by atoms with E-state index in [0.29, 0.717) is 57.3 Å². The first-order valence-electron chi connectivity index (χ1n) is 9.68. The summed E-state index contributed by atoms with van der Waals surface area (Å²) in [5, 5.41) is 3.48. The van der Waals surface area contributed by atoms with E-state index in [2.05, 4.69) is 5.32 Å². The van der Waals surface area contributed by atoms with Gasteiger partial charge in [0.1, 0.15) is 0 Å². The van der Waals surface area contributed by atoms with E-state index in [-0.39, 0.29) is 30.1 Å². The monoisotopic (exact) mass is 429 g/mol. The summed E-state index contributed by atoms with van der Waals surface area (Å²) < 4.78 is 5.54. The first-order valence-corrected chi connectivity index (χ1v) is 10.1. The minimum absolute atomic E-state index is 0. The Morgan fingerprint density at radius 3 is 2.75 bits per heavy atom. The van der Waals surface area contributed by atoms with Gasteiger partial charge >= 0.3 is 0 Å². The van der Waals surface area contributed by atoms with Crippen molar-refractivity contribution in [3.8, 4) is 0 Å². The van der Waals surface area contributed by atoms with Crippen molar-refractivity contribution < 1.29 is 14.3 Å². The predicted octanol–water partition coefficient (Wildman–Crippen LogP) is 2.12. The average molecular weight is 430 g/mol. The normalized spacial score (nSPS) is 21.5. The molecule has 2 aliphatic heterocycles. The second-order valence-electron chi connectivity index (χ2n) is 7.37. The van der Waals surface area contributed by atoms with Crippen LogP contribution in [-0.4, -0.2) is 56.1 Å². The topological polar surface area (TPSA) is 84.7 Å². The molecule has 2 amide bonds. The summed E-state index contributed by atoms with van der Waals surface area (Å²) in [7, 11) is 0. The maximum Gasteiger partial charge on any atom is 0.233 e. The molecule has 0 aromatic heterocycles. The maximum atomic E-state index is 13.6. The Morgan fingerprint density at radius 1 is 1.32 bits per heavy atom. The Labute approximate surface area is 177 Å². The largest absolute Gasteiger partial charge is 0.381 e. The van der Waals surface area contributed by atoms with Crippen LogP contribution in [0, 0.1) is 5.92 Å². The van der Waals surface area contributed by atoms with E-state index in [1.165, 1.54) is 0 Å². The molecule has 3 rings (SSSR count). The number of amides is 2. The highest BCUT2D eigenvalue weighted by Gasteiger charge is 2.45. The molecule has 2 aliphatic rings. The van der Waals surface area contributed by atoms with Gasteiger partial charge < -0.3 is 20.7 Å². The summed E-state index contributed by atoms with van der Waals surface area (Å²) in [6.07, 6.45) is 2.89. The van der Waals surface area contributed by atoms with Gasteiger partial charge in [0.05, 0.1) is 11.3 Å². The number of piperidine rings is 1. The minimum atomic E-state index is -0.626. The molecular weight excluding hydrogens is 401 g/mol. The fourth-order valence-electron chi connectivity index (χ4n) is 4.15. The number of carbonyl (C=O) groups excluding carboxylic acids is 2. The Kier molecular flexibility index (Phi) is 8.56. The lowest BCUT2D eigenvalue weighted by Crippen LogP contribution is -2.54. The Balaban J connectivity index is 0.00000280. The number of rotatable bonds is 5. The van der Waals surface area contributed by atoms with Gasteiger partial charge in [-0.05, 0) is 43.4 Å². The van der Waals surface area contributed by atoms with Gasteiger partial charge in [0, 0.05) is 44.4 Å². The number of halogens is 2. The van der Waals surface area contributed by atoms with Crippen LogP contribution in [0.15, 0.2) is 24.3 Å². The van der Waals surface area contributed by atoms with E-state index >= 15 is 0 Å². The molecule has 28 heavy (non-hydrogen) atoms. The first-order chi connectivity index (χ1) is 13.1. The number of carbonyl (C=O) groups is 2. The van der Waals surface area contributed by atoms with Gasteiger partial charge in [0.2, 0.25) is 11.8 Å². The first kappa shape index (κ1) is 22.9. The van der Waals surface area contributed by atoms with E-state index < -0.39 is 5.41 Å². The minimum Gasteiger partial charge on any atom is -0.381 e. The number of nitrogens with one attached hydrogen (secondary N) is 1. The van der Waals surface area contributed by atoms with Crippen LogP contribution < -0.4 is 11.1 Å². The predicted molar refractivity (Wildman–Crippen MR) is 112 cm³/mol. The molecule has 1 aromatic carbocycles. The molecule has 2 saturated heterocycles. The summed E-state index contributed by atoms with van der Waals surface area (Å²) in [6.45, 7) is 3.12. The summed E-state index contributed by atoms with van der Waals surface area (Å²) in [4.78, 5) is 27.9. The van der Waals surface area contributed by atoms with Crippen molar-refractivity contribution in [3.63, 3.8) is 0 Å². The standard InChI is InChI=1S/C20H28ClN3O3.ClH/c21-17-5-1-4-16(13-17)20(6-11-27-12-7-20)19(26)24-10-2-3-15(14-24)18(25)23-9-8-22;/h1,4-5,13,15H,2-3,6-12,14,22H2,(H,23,25);1H. The van der Waals surface area contributed by atoms with Crippen LogP contribution in [0.5, 0.6) is 0 Å². The molecule has 0 bridgehead atoms. The van der Waals surface area contributed by atoms with Crippen LogP contribution in [0.3, 0.4) is 0 Å². The van der Waals surface area contributed by atoms with E-state index in [1.54, 1.807) is 0 Å². The molecule has 1 unspecified atom stereocenters. The van der Waals surface area contributed by atoms with E-state index in [9.17, 15) is 9.59 Å². The molecule has 0 spiro atoms. The molecule has 8 heteroatoms. The highest BCUT2D eigenvalue weighted by atomic mass is 35.5. The third-order valence-electron chi connectivity index (χ3n) is 5.66. The molecule has 0 aliphatic carbocycles. The third-order valence-corrected chi connectivity index (χ3v) is 5.89. The van der Waals surface area contributed by atoms with Crippen molar-refractivity contribution in [2.24, 2.45) is 11.7 Å². The summed E-state index contributed by atoms with van der Waals surface area (Å²) in [5.41, 5.74) is 5.79. The average Bonchev–Trinajstić information content (AvgIpc) is 2.72. The number of nitrogens with two attached hydrogens (primary N) is 1. The van der Waals surface area contributed by atoms with Crippen molar-refractivity contribution in [2.75, 3.05) is 39.4 Å². The van der Waals surface area contributed by atoms with Gasteiger partial charge in [-0.25, -0.2) is 0 Å². The highest BCUT2D eigenvalue weighted by Crippen LogP contribution is 2.38. The molecule has 156 valence electrons. The van der Waals surface area contributed by atoms with Crippen LogP contribution in [0.2, 0.25) is 5.02 Å². The third kappa shape index (κ3) is 4.98. The summed E-state index contributed by atoms with van der Waals surface area (Å²) >= 11 is 6.21. The molecule has 2 fully saturated rings. The molecule has 1 aromatic rings. The van der Waals surface area contributed by atoms with Crippen molar-refractivity contribution >= 4 is 35.8 Å². The zero-order valence-electron chi connectivity index (χ0n) is 16.0. The fourth-order valence-corrected chi connectivity index (χ4v) is 4.34. The van der Waals surface area contributed by atoms with Gasteiger partial charge in [0.15, 0.2) is 0 Å². The van der Waals surface area contributed by atoms with Crippen LogP contribution in [-0.2, 0) is 19.7 Å². The zero-order valence-corrected chi connectivity index (χ0v) is 17.6. The molecule has 6 nitrogen and oxygen atoms in total. The summed E-state index contributed by atoms with van der Waals surface area (Å²) in [6, 6.07) is 7.58. The number of likely N-dealkylation sites (tertiary alicyclic amines) is 1. The SMILES string of the molecule is Cl.NCCNC(=O)C1CCCN(C(=O)C2(c3cccc(Cl)c3)CCOCC2)C1.